The molecule has 0 radical (unpaired) electrons. The molecule has 0 spiro atoms. The van der Waals surface area contributed by atoms with Crippen molar-refractivity contribution >= 4 is 23.8 Å². The second-order valence-electron chi connectivity index (χ2n) is 10.4. The average molecular weight is 492 g/mol. The van der Waals surface area contributed by atoms with Gasteiger partial charge in [0, 0.05) is 38.3 Å². The van der Waals surface area contributed by atoms with E-state index in [2.05, 4.69) is 0 Å². The number of piperazine rings is 1. The largest absolute Gasteiger partial charge is 0.490 e. The first-order valence-corrected chi connectivity index (χ1v) is 12.1. The van der Waals surface area contributed by atoms with Crippen molar-refractivity contribution in [1.82, 2.24) is 9.80 Å². The minimum atomic E-state index is -0.595. The summed E-state index contributed by atoms with van der Waals surface area (Å²) in [7, 11) is 1.39. The van der Waals surface area contributed by atoms with Crippen LogP contribution < -0.4 is 9.64 Å². The predicted molar refractivity (Wildman–Crippen MR) is 126 cm³/mol. The number of methoxy groups -OCH3 is 1. The van der Waals surface area contributed by atoms with Crippen molar-refractivity contribution < 1.29 is 33.0 Å². The Morgan fingerprint density at radius 2 is 1.74 bits per heavy atom. The summed E-state index contributed by atoms with van der Waals surface area (Å²) in [5.74, 6) is -0.461. The number of benzene rings is 1. The lowest BCUT2D eigenvalue weighted by Crippen LogP contribution is -2.54. The zero-order chi connectivity index (χ0) is 25.3. The van der Waals surface area contributed by atoms with Gasteiger partial charge in [0.25, 0.3) is 0 Å². The summed E-state index contributed by atoms with van der Waals surface area (Å²) in [4.78, 5) is 42.2. The number of hydrogen-bond acceptors (Lipinski definition) is 6. The van der Waals surface area contributed by atoms with Crippen LogP contribution in [0.3, 0.4) is 0 Å². The van der Waals surface area contributed by atoms with E-state index in [0.29, 0.717) is 63.3 Å². The first-order valence-electron chi connectivity index (χ1n) is 12.1. The zero-order valence-electron chi connectivity index (χ0n) is 20.8. The molecule has 10 heteroatoms. The summed E-state index contributed by atoms with van der Waals surface area (Å²) in [5.41, 5.74) is -0.172. The van der Waals surface area contributed by atoms with Gasteiger partial charge in [0.2, 0.25) is 0 Å². The molecule has 2 aliphatic heterocycles. The van der Waals surface area contributed by atoms with E-state index in [1.807, 2.05) is 20.8 Å². The van der Waals surface area contributed by atoms with Gasteiger partial charge in [-0.15, -0.1) is 0 Å². The van der Waals surface area contributed by atoms with Crippen molar-refractivity contribution in [2.45, 2.75) is 64.2 Å². The Labute approximate surface area is 205 Å². The van der Waals surface area contributed by atoms with Crippen molar-refractivity contribution in [3.63, 3.8) is 0 Å². The van der Waals surface area contributed by atoms with Crippen LogP contribution in [0.15, 0.2) is 18.2 Å². The number of amides is 3. The number of anilines is 1. The highest BCUT2D eigenvalue weighted by Crippen LogP contribution is 2.33. The molecule has 9 nitrogen and oxygen atoms in total. The Kier molecular flexibility index (Phi) is 7.10. The topological polar surface area (TPSA) is 88.6 Å². The maximum atomic E-state index is 14.5. The third-order valence-corrected chi connectivity index (χ3v) is 6.68. The van der Waals surface area contributed by atoms with Crippen LogP contribution in [0.4, 0.5) is 19.7 Å². The molecule has 1 aromatic carbocycles. The molecule has 1 aromatic rings. The number of esters is 1. The van der Waals surface area contributed by atoms with Gasteiger partial charge in [-0.25, -0.2) is 14.0 Å². The SMILES string of the molecule is COC(=O)C1CCC(Oc2cc(F)cc(N3C[C@@H]4CN(C(=O)OC(C)(C)C)CCN4C3=O)c2)CC1. The summed E-state index contributed by atoms with van der Waals surface area (Å²) >= 11 is 0. The van der Waals surface area contributed by atoms with Gasteiger partial charge >= 0.3 is 18.1 Å². The van der Waals surface area contributed by atoms with Gasteiger partial charge in [-0.05, 0) is 52.5 Å². The molecule has 192 valence electrons. The molecular weight excluding hydrogens is 457 g/mol. The number of carbonyl (C=O) groups is 3. The van der Waals surface area contributed by atoms with Crippen molar-refractivity contribution in [1.29, 1.82) is 0 Å². The number of carbonyl (C=O) groups excluding carboxylic acids is 3. The highest BCUT2D eigenvalue weighted by molar-refractivity contribution is 5.95. The minimum absolute atomic E-state index is 0.122. The van der Waals surface area contributed by atoms with E-state index in [0.717, 1.165) is 0 Å². The summed E-state index contributed by atoms with van der Waals surface area (Å²) in [6.45, 7) is 6.92. The van der Waals surface area contributed by atoms with Crippen LogP contribution in [0.2, 0.25) is 0 Å². The Hall–Kier alpha value is -3.04. The molecule has 0 N–H and O–H groups in total. The molecule has 0 unspecified atom stereocenters. The van der Waals surface area contributed by atoms with E-state index >= 15 is 0 Å². The quantitative estimate of drug-likeness (QED) is 0.596. The third-order valence-electron chi connectivity index (χ3n) is 6.68. The lowest BCUT2D eigenvalue weighted by Gasteiger charge is -2.36. The van der Waals surface area contributed by atoms with E-state index < -0.39 is 17.5 Å². The first kappa shape index (κ1) is 25.1. The maximum Gasteiger partial charge on any atom is 0.410 e. The Bertz CT molecular complexity index is 972. The molecule has 3 fully saturated rings. The smallest absolute Gasteiger partial charge is 0.410 e. The van der Waals surface area contributed by atoms with Gasteiger partial charge in [0.1, 0.15) is 17.2 Å². The Balaban J connectivity index is 1.40. The highest BCUT2D eigenvalue weighted by atomic mass is 19.1. The van der Waals surface area contributed by atoms with Crippen molar-refractivity contribution in [3.05, 3.63) is 24.0 Å². The summed E-state index contributed by atoms with van der Waals surface area (Å²) in [6.07, 6.45) is 2.14. The van der Waals surface area contributed by atoms with E-state index in [4.69, 9.17) is 14.2 Å². The zero-order valence-corrected chi connectivity index (χ0v) is 20.8. The van der Waals surface area contributed by atoms with Crippen LogP contribution >= 0.6 is 0 Å². The molecule has 0 bridgehead atoms. The number of rotatable bonds is 4. The van der Waals surface area contributed by atoms with Crippen molar-refractivity contribution in [2.75, 3.05) is 38.2 Å². The van der Waals surface area contributed by atoms with Crippen LogP contribution in [0.25, 0.3) is 0 Å². The van der Waals surface area contributed by atoms with Gasteiger partial charge in [0.05, 0.1) is 30.9 Å². The number of nitrogens with zero attached hydrogens (tertiary/aromatic N) is 3. The fourth-order valence-corrected chi connectivity index (χ4v) is 4.96. The number of urea groups is 1. The molecule has 2 heterocycles. The second-order valence-corrected chi connectivity index (χ2v) is 10.4. The van der Waals surface area contributed by atoms with E-state index in [1.54, 1.807) is 15.9 Å². The summed E-state index contributed by atoms with van der Waals surface area (Å²) in [6, 6.07) is 3.90. The molecule has 3 amide bonds. The third kappa shape index (κ3) is 5.79. The Morgan fingerprint density at radius 1 is 1.03 bits per heavy atom. The average Bonchev–Trinajstić information content (AvgIpc) is 3.13. The van der Waals surface area contributed by atoms with Crippen LogP contribution in [-0.2, 0) is 14.3 Å². The molecule has 0 aromatic heterocycles. The van der Waals surface area contributed by atoms with Gasteiger partial charge in [-0.2, -0.15) is 0 Å². The summed E-state index contributed by atoms with van der Waals surface area (Å²) < 4.78 is 30.8. The van der Waals surface area contributed by atoms with Gasteiger partial charge < -0.3 is 24.0 Å². The lowest BCUT2D eigenvalue weighted by atomic mass is 9.87. The van der Waals surface area contributed by atoms with Crippen molar-refractivity contribution in [3.8, 4) is 5.75 Å². The van der Waals surface area contributed by atoms with E-state index in [-0.39, 0.29) is 30.1 Å². The number of fused-ring (bicyclic) bond motifs is 1. The lowest BCUT2D eigenvalue weighted by molar-refractivity contribution is -0.147. The van der Waals surface area contributed by atoms with Crippen LogP contribution in [-0.4, -0.2) is 78.9 Å². The molecule has 1 saturated carbocycles. The van der Waals surface area contributed by atoms with Crippen LogP contribution in [0, 0.1) is 11.7 Å². The fraction of sp³-hybridized carbons (Fsp3) is 0.640. The number of halogens is 1. The molecular formula is C25H34FN3O6. The fourth-order valence-electron chi connectivity index (χ4n) is 4.96. The second kappa shape index (κ2) is 9.91. The molecule has 2 saturated heterocycles. The number of hydrogen-bond donors (Lipinski definition) is 0. The standard InChI is InChI=1S/C25H34FN3O6/c1-25(2,3)35-24(32)27-9-10-28-19(14-27)15-29(23(28)31)18-11-17(26)12-21(13-18)34-20-7-5-16(6-8-20)22(30)33-4/h11-13,16,19-20H,5-10,14-15H2,1-4H3/t16?,19-,20?/m0/s1. The molecule has 35 heavy (non-hydrogen) atoms. The minimum Gasteiger partial charge on any atom is -0.490 e. The van der Waals surface area contributed by atoms with Crippen LogP contribution in [0.5, 0.6) is 5.75 Å². The number of ether oxygens (including phenoxy) is 3. The van der Waals surface area contributed by atoms with E-state index in [1.165, 1.54) is 24.1 Å². The van der Waals surface area contributed by atoms with Gasteiger partial charge in [0.15, 0.2) is 0 Å². The first-order chi connectivity index (χ1) is 16.5. The monoisotopic (exact) mass is 491 g/mol. The summed E-state index contributed by atoms with van der Waals surface area (Å²) in [5, 5.41) is 0. The molecule has 4 rings (SSSR count). The Morgan fingerprint density at radius 3 is 2.40 bits per heavy atom. The maximum absolute atomic E-state index is 14.5. The normalized spacial score (nSPS) is 24.8. The predicted octanol–water partition coefficient (Wildman–Crippen LogP) is 3.80. The van der Waals surface area contributed by atoms with Crippen LogP contribution in [0.1, 0.15) is 46.5 Å². The molecule has 1 aliphatic carbocycles. The van der Waals surface area contributed by atoms with Crippen molar-refractivity contribution in [2.24, 2.45) is 5.92 Å². The van der Waals surface area contributed by atoms with E-state index in [9.17, 15) is 18.8 Å². The van der Waals surface area contributed by atoms with Gasteiger partial charge in [-0.3, -0.25) is 9.69 Å². The van der Waals surface area contributed by atoms with Gasteiger partial charge in [-0.1, -0.05) is 0 Å². The molecule has 3 aliphatic rings. The highest BCUT2D eigenvalue weighted by Gasteiger charge is 2.43. The molecule has 1 atom stereocenters.